The van der Waals surface area contributed by atoms with E-state index in [9.17, 15) is 13.2 Å². The maximum atomic E-state index is 12.5. The summed E-state index contributed by atoms with van der Waals surface area (Å²) in [5.74, 6) is -0.138. The first-order valence-corrected chi connectivity index (χ1v) is 14.7. The molecule has 5 aromatic rings. The summed E-state index contributed by atoms with van der Waals surface area (Å²) in [7, 11) is -3.24. The predicted molar refractivity (Wildman–Crippen MR) is 150 cm³/mol. The van der Waals surface area contributed by atoms with Gasteiger partial charge in [-0.25, -0.2) is 13.4 Å². The molecule has 3 aromatic heterocycles. The van der Waals surface area contributed by atoms with Gasteiger partial charge in [0.25, 0.3) is 0 Å². The van der Waals surface area contributed by atoms with Gasteiger partial charge in [0.2, 0.25) is 11.0 Å². The smallest absolute Gasteiger partial charge is 0.230 e. The fraction of sp³-hybridized carbons (Fsp3) is 0.214. The highest BCUT2D eigenvalue weighted by Crippen LogP contribution is 2.28. The summed E-state index contributed by atoms with van der Waals surface area (Å²) < 4.78 is 25.5. The van der Waals surface area contributed by atoms with Crippen molar-refractivity contribution in [3.05, 3.63) is 83.6 Å². The number of hydrogen-bond acceptors (Lipinski definition) is 7. The van der Waals surface area contributed by atoms with Gasteiger partial charge in [-0.2, -0.15) is 0 Å². The lowest BCUT2D eigenvalue weighted by atomic mass is 9.98. The third kappa shape index (κ3) is 5.51. The minimum Gasteiger partial charge on any atom is -0.300 e. The fourth-order valence-corrected chi connectivity index (χ4v) is 5.44. The molecule has 0 aliphatic rings. The van der Waals surface area contributed by atoms with E-state index in [4.69, 9.17) is 0 Å². The highest BCUT2D eigenvalue weighted by atomic mass is 32.2. The molecule has 0 saturated carbocycles. The molecule has 3 heterocycles. The second-order valence-electron chi connectivity index (χ2n) is 10.2. The third-order valence-corrected chi connectivity index (χ3v) is 8.45. The molecule has 0 bridgehead atoms. The van der Waals surface area contributed by atoms with E-state index < -0.39 is 9.84 Å². The van der Waals surface area contributed by atoms with Gasteiger partial charge < -0.3 is 5.32 Å². The van der Waals surface area contributed by atoms with Crippen LogP contribution in [-0.2, 0) is 26.5 Å². The Kier molecular flexibility index (Phi) is 6.62. The Morgan fingerprint density at radius 3 is 2.26 bits per heavy atom. The van der Waals surface area contributed by atoms with Gasteiger partial charge in [-0.1, -0.05) is 68.5 Å². The van der Waals surface area contributed by atoms with Gasteiger partial charge >= 0.3 is 0 Å². The summed E-state index contributed by atoms with van der Waals surface area (Å²) >= 11 is 1.39. The molecule has 0 aliphatic carbocycles. The van der Waals surface area contributed by atoms with Gasteiger partial charge in [-0.3, -0.25) is 9.20 Å². The number of pyridine rings is 1. The van der Waals surface area contributed by atoms with E-state index in [-0.39, 0.29) is 17.7 Å². The molecule has 0 aliphatic heterocycles. The first-order chi connectivity index (χ1) is 18.0. The van der Waals surface area contributed by atoms with Gasteiger partial charge in [-0.15, -0.1) is 10.2 Å². The van der Waals surface area contributed by atoms with Crippen molar-refractivity contribution in [1.82, 2.24) is 19.6 Å². The molecule has 1 amide bonds. The van der Waals surface area contributed by atoms with E-state index in [0.717, 1.165) is 38.6 Å². The monoisotopic (exact) mass is 545 g/mol. The minimum atomic E-state index is -3.24. The van der Waals surface area contributed by atoms with E-state index in [1.54, 1.807) is 24.3 Å². The lowest BCUT2D eigenvalue weighted by Crippen LogP contribution is -2.14. The zero-order valence-corrected chi connectivity index (χ0v) is 23.1. The van der Waals surface area contributed by atoms with Gasteiger partial charge in [0, 0.05) is 23.4 Å². The van der Waals surface area contributed by atoms with Crippen LogP contribution in [0.4, 0.5) is 5.13 Å². The van der Waals surface area contributed by atoms with Crippen LogP contribution >= 0.6 is 11.3 Å². The number of imidazole rings is 1. The Balaban J connectivity index is 1.29. The average molecular weight is 546 g/mol. The number of benzene rings is 2. The lowest BCUT2D eigenvalue weighted by molar-refractivity contribution is -0.115. The number of carbonyl (C=O) groups is 1. The number of anilines is 1. The first-order valence-electron chi connectivity index (χ1n) is 12.0. The SMILES string of the molecule is CC(C)(C)c1nnc(NC(=O)Cc2ccc(-c3cnc4cc(-c5ccc(S(C)(=O)=O)cc5)ccn34)cc2)s1. The molecule has 194 valence electrons. The zero-order chi connectivity index (χ0) is 27.1. The van der Waals surface area contributed by atoms with Crippen LogP contribution in [0.2, 0.25) is 0 Å². The zero-order valence-electron chi connectivity index (χ0n) is 21.5. The van der Waals surface area contributed by atoms with Crippen LogP contribution in [0.25, 0.3) is 28.0 Å². The normalized spacial score (nSPS) is 12.1. The van der Waals surface area contributed by atoms with Crippen molar-refractivity contribution in [3.8, 4) is 22.4 Å². The predicted octanol–water partition coefficient (Wildman–Crippen LogP) is 5.40. The molecule has 0 radical (unpaired) electrons. The number of amides is 1. The minimum absolute atomic E-state index is 0.110. The molecule has 38 heavy (non-hydrogen) atoms. The van der Waals surface area contributed by atoms with Crippen molar-refractivity contribution >= 4 is 37.9 Å². The van der Waals surface area contributed by atoms with Crippen molar-refractivity contribution in [1.29, 1.82) is 0 Å². The Bertz CT molecular complexity index is 1730. The molecule has 0 saturated heterocycles. The maximum Gasteiger partial charge on any atom is 0.230 e. The maximum absolute atomic E-state index is 12.5. The molecular weight excluding hydrogens is 518 g/mol. The molecular formula is C28H27N5O3S2. The average Bonchev–Trinajstić information content (AvgIpc) is 3.51. The number of carbonyl (C=O) groups excluding carboxylic acids is 1. The Morgan fingerprint density at radius 1 is 0.947 bits per heavy atom. The number of rotatable bonds is 6. The number of sulfone groups is 1. The molecule has 0 atom stereocenters. The van der Waals surface area contributed by atoms with Crippen LogP contribution in [0.5, 0.6) is 0 Å². The summed E-state index contributed by atoms with van der Waals surface area (Å²) in [5.41, 5.74) is 5.32. The van der Waals surface area contributed by atoms with Crippen molar-refractivity contribution in [2.75, 3.05) is 11.6 Å². The summed E-state index contributed by atoms with van der Waals surface area (Å²) in [5, 5.41) is 12.5. The topological polar surface area (TPSA) is 106 Å². The van der Waals surface area contributed by atoms with E-state index >= 15 is 0 Å². The molecule has 2 aromatic carbocycles. The van der Waals surface area contributed by atoms with Crippen LogP contribution in [0, 0.1) is 0 Å². The molecule has 0 unspecified atom stereocenters. The fourth-order valence-electron chi connectivity index (χ4n) is 3.99. The molecule has 1 N–H and O–H groups in total. The molecule has 0 fully saturated rings. The Morgan fingerprint density at radius 2 is 1.63 bits per heavy atom. The van der Waals surface area contributed by atoms with Gasteiger partial charge in [0.15, 0.2) is 9.84 Å². The van der Waals surface area contributed by atoms with E-state index in [1.807, 2.05) is 53.2 Å². The van der Waals surface area contributed by atoms with Crippen LogP contribution in [0.15, 0.2) is 78.0 Å². The number of aromatic nitrogens is 4. The van der Waals surface area contributed by atoms with Gasteiger partial charge in [0.1, 0.15) is 10.7 Å². The number of nitrogens with one attached hydrogen (secondary N) is 1. The van der Waals surface area contributed by atoms with Gasteiger partial charge in [0.05, 0.1) is 23.2 Å². The third-order valence-electron chi connectivity index (χ3n) is 6.06. The summed E-state index contributed by atoms with van der Waals surface area (Å²) in [6, 6.07) is 18.6. The second-order valence-corrected chi connectivity index (χ2v) is 13.2. The standard InChI is InChI=1S/C28H27N5O3S2/c1-28(2,3)26-31-32-27(37-26)30-25(34)15-18-5-7-20(8-6-18)23-17-29-24-16-21(13-14-33(23)24)19-9-11-22(12-10-19)38(4,35)36/h5-14,16-17H,15H2,1-4H3,(H,30,32,34). The molecule has 5 rings (SSSR count). The van der Waals surface area contributed by atoms with E-state index in [0.29, 0.717) is 10.0 Å². The van der Waals surface area contributed by atoms with Crippen molar-refractivity contribution in [3.63, 3.8) is 0 Å². The molecule has 0 spiro atoms. The molecule has 10 heteroatoms. The van der Waals surface area contributed by atoms with Crippen LogP contribution in [-0.4, -0.2) is 40.2 Å². The highest BCUT2D eigenvalue weighted by molar-refractivity contribution is 7.90. The first kappa shape index (κ1) is 25.7. The number of hydrogen-bond donors (Lipinski definition) is 1. The summed E-state index contributed by atoms with van der Waals surface area (Å²) in [4.78, 5) is 17.4. The van der Waals surface area contributed by atoms with Crippen molar-refractivity contribution in [2.45, 2.75) is 37.5 Å². The lowest BCUT2D eigenvalue weighted by Gasteiger charge is -2.12. The van der Waals surface area contributed by atoms with E-state index in [2.05, 4.69) is 41.3 Å². The quantitative estimate of drug-likeness (QED) is 0.306. The highest BCUT2D eigenvalue weighted by Gasteiger charge is 2.20. The summed E-state index contributed by atoms with van der Waals surface area (Å²) in [6.45, 7) is 6.18. The van der Waals surface area contributed by atoms with Crippen LogP contribution in [0.3, 0.4) is 0 Å². The number of nitrogens with zero attached hydrogens (tertiary/aromatic N) is 4. The van der Waals surface area contributed by atoms with Crippen LogP contribution in [0.1, 0.15) is 31.3 Å². The largest absolute Gasteiger partial charge is 0.300 e. The Hall–Kier alpha value is -3.89. The van der Waals surface area contributed by atoms with Crippen molar-refractivity contribution < 1.29 is 13.2 Å². The summed E-state index contributed by atoms with van der Waals surface area (Å²) in [6.07, 6.45) is 5.20. The Labute approximate surface area is 225 Å². The van der Waals surface area contributed by atoms with Crippen LogP contribution < -0.4 is 5.32 Å². The van der Waals surface area contributed by atoms with E-state index in [1.165, 1.54) is 17.6 Å². The van der Waals surface area contributed by atoms with Crippen molar-refractivity contribution in [2.24, 2.45) is 0 Å². The molecule has 8 nitrogen and oxygen atoms in total. The number of fused-ring (bicyclic) bond motifs is 1. The van der Waals surface area contributed by atoms with Gasteiger partial charge in [-0.05, 0) is 41.0 Å². The second kappa shape index (κ2) is 9.77.